The number of carbonyl (C=O) groups excluding carboxylic acids is 1. The molecule has 4 nitrogen and oxygen atoms in total. The molecule has 17 heavy (non-hydrogen) atoms. The van der Waals surface area contributed by atoms with E-state index in [9.17, 15) is 4.79 Å². The zero-order valence-electron chi connectivity index (χ0n) is 10.4. The minimum atomic E-state index is -0.204. The molecule has 0 saturated carbocycles. The Kier molecular flexibility index (Phi) is 5.23. The second-order valence-corrected chi connectivity index (χ2v) is 3.56. The Morgan fingerprint density at radius 2 is 2.00 bits per heavy atom. The number of amides is 1. The fourth-order valence-corrected chi connectivity index (χ4v) is 1.42. The Labute approximate surface area is 102 Å². The standard InChI is InChI=1S/C13H19N3O/c1-4-13(17)14-11-8-7-9-12(10-11)15-16(5-2)6-3/h4,7-10,15H,1,5-6H2,2-3H3,(H,14,17). The lowest BCUT2D eigenvalue weighted by Crippen LogP contribution is -2.29. The third kappa shape index (κ3) is 4.28. The van der Waals surface area contributed by atoms with Crippen LogP contribution in [0.3, 0.4) is 0 Å². The molecule has 0 radical (unpaired) electrons. The van der Waals surface area contributed by atoms with Gasteiger partial charge in [-0.3, -0.25) is 4.79 Å². The second-order valence-electron chi connectivity index (χ2n) is 3.56. The molecule has 0 aliphatic rings. The fraction of sp³-hybridized carbons (Fsp3) is 0.308. The zero-order valence-corrected chi connectivity index (χ0v) is 10.4. The first kappa shape index (κ1) is 13.3. The molecule has 2 N–H and O–H groups in total. The molecule has 0 atom stereocenters. The van der Waals surface area contributed by atoms with Crippen molar-refractivity contribution in [3.63, 3.8) is 0 Å². The molecule has 92 valence electrons. The van der Waals surface area contributed by atoms with E-state index in [1.165, 1.54) is 6.08 Å². The van der Waals surface area contributed by atoms with Gasteiger partial charge >= 0.3 is 0 Å². The summed E-state index contributed by atoms with van der Waals surface area (Å²) in [6, 6.07) is 7.58. The van der Waals surface area contributed by atoms with E-state index in [4.69, 9.17) is 0 Å². The number of hydrazine groups is 1. The number of hydrogen-bond acceptors (Lipinski definition) is 3. The molecule has 1 amide bonds. The van der Waals surface area contributed by atoms with Crippen LogP contribution >= 0.6 is 0 Å². The summed E-state index contributed by atoms with van der Waals surface area (Å²) >= 11 is 0. The van der Waals surface area contributed by atoms with Crippen LogP contribution in [0.4, 0.5) is 11.4 Å². The number of benzene rings is 1. The Morgan fingerprint density at radius 3 is 2.59 bits per heavy atom. The molecule has 0 bridgehead atoms. The van der Waals surface area contributed by atoms with Crippen molar-refractivity contribution in [1.29, 1.82) is 0 Å². The van der Waals surface area contributed by atoms with E-state index in [0.29, 0.717) is 0 Å². The molecule has 0 unspecified atom stereocenters. The van der Waals surface area contributed by atoms with E-state index in [0.717, 1.165) is 24.5 Å². The molecule has 0 fully saturated rings. The SMILES string of the molecule is C=CC(=O)Nc1cccc(NN(CC)CC)c1. The van der Waals surface area contributed by atoms with Crippen molar-refractivity contribution in [2.75, 3.05) is 23.8 Å². The van der Waals surface area contributed by atoms with Crippen molar-refractivity contribution in [2.45, 2.75) is 13.8 Å². The van der Waals surface area contributed by atoms with Crippen LogP contribution in [0.1, 0.15) is 13.8 Å². The van der Waals surface area contributed by atoms with Crippen LogP contribution in [0.2, 0.25) is 0 Å². The topological polar surface area (TPSA) is 44.4 Å². The molecule has 0 aliphatic heterocycles. The van der Waals surface area contributed by atoms with Crippen LogP contribution in [0.25, 0.3) is 0 Å². The maximum absolute atomic E-state index is 11.2. The summed E-state index contributed by atoms with van der Waals surface area (Å²) in [4.78, 5) is 11.2. The molecule has 0 saturated heterocycles. The lowest BCUT2D eigenvalue weighted by atomic mass is 10.3. The Morgan fingerprint density at radius 1 is 1.35 bits per heavy atom. The number of carbonyl (C=O) groups is 1. The molecular weight excluding hydrogens is 214 g/mol. The zero-order chi connectivity index (χ0) is 12.7. The van der Waals surface area contributed by atoms with Gasteiger partial charge < -0.3 is 10.7 Å². The third-order valence-corrected chi connectivity index (χ3v) is 2.37. The first-order valence-electron chi connectivity index (χ1n) is 5.74. The molecule has 0 spiro atoms. The van der Waals surface area contributed by atoms with E-state index >= 15 is 0 Å². The highest BCUT2D eigenvalue weighted by molar-refractivity contribution is 5.99. The van der Waals surface area contributed by atoms with Crippen molar-refractivity contribution < 1.29 is 4.79 Å². The third-order valence-electron chi connectivity index (χ3n) is 2.37. The monoisotopic (exact) mass is 233 g/mol. The molecule has 1 rings (SSSR count). The quantitative estimate of drug-likeness (QED) is 0.586. The molecule has 4 heteroatoms. The highest BCUT2D eigenvalue weighted by atomic mass is 16.1. The Bertz CT molecular complexity index is 386. The molecule has 0 aromatic heterocycles. The summed E-state index contributed by atoms with van der Waals surface area (Å²) in [5, 5.41) is 4.80. The van der Waals surface area contributed by atoms with Gasteiger partial charge in [0.25, 0.3) is 0 Å². The minimum Gasteiger partial charge on any atom is -0.322 e. The van der Waals surface area contributed by atoms with Crippen LogP contribution in [0.15, 0.2) is 36.9 Å². The van der Waals surface area contributed by atoms with Gasteiger partial charge in [-0.1, -0.05) is 26.5 Å². The van der Waals surface area contributed by atoms with Crippen molar-refractivity contribution in [3.8, 4) is 0 Å². The van der Waals surface area contributed by atoms with Gasteiger partial charge in [-0.25, -0.2) is 5.01 Å². The first-order chi connectivity index (χ1) is 8.19. The van der Waals surface area contributed by atoms with Crippen LogP contribution in [-0.4, -0.2) is 24.0 Å². The smallest absolute Gasteiger partial charge is 0.247 e. The van der Waals surface area contributed by atoms with Crippen molar-refractivity contribution in [2.24, 2.45) is 0 Å². The highest BCUT2D eigenvalue weighted by Gasteiger charge is 2.01. The van der Waals surface area contributed by atoms with Gasteiger partial charge in [0, 0.05) is 18.8 Å². The number of hydrogen-bond donors (Lipinski definition) is 2. The first-order valence-corrected chi connectivity index (χ1v) is 5.74. The number of anilines is 2. The Balaban J connectivity index is 2.71. The van der Waals surface area contributed by atoms with Crippen LogP contribution in [0.5, 0.6) is 0 Å². The molecule has 1 aromatic carbocycles. The minimum absolute atomic E-state index is 0.204. The molecule has 0 aliphatic carbocycles. The molecule has 0 heterocycles. The van der Waals surface area contributed by atoms with Crippen molar-refractivity contribution in [3.05, 3.63) is 36.9 Å². The lowest BCUT2D eigenvalue weighted by molar-refractivity contribution is -0.111. The summed E-state index contributed by atoms with van der Waals surface area (Å²) in [5.74, 6) is -0.204. The largest absolute Gasteiger partial charge is 0.322 e. The van der Waals surface area contributed by atoms with E-state index in [-0.39, 0.29) is 5.91 Å². The van der Waals surface area contributed by atoms with Gasteiger partial charge in [0.05, 0.1) is 5.69 Å². The van der Waals surface area contributed by atoms with E-state index in [1.54, 1.807) is 0 Å². The van der Waals surface area contributed by atoms with Gasteiger partial charge in [-0.2, -0.15) is 0 Å². The van der Waals surface area contributed by atoms with Crippen molar-refractivity contribution >= 4 is 17.3 Å². The van der Waals surface area contributed by atoms with Gasteiger partial charge in [0.2, 0.25) is 5.91 Å². The summed E-state index contributed by atoms with van der Waals surface area (Å²) in [6.45, 7) is 9.42. The van der Waals surface area contributed by atoms with Crippen LogP contribution in [0, 0.1) is 0 Å². The molecule has 1 aromatic rings. The van der Waals surface area contributed by atoms with E-state index in [2.05, 4.69) is 36.2 Å². The number of nitrogens with one attached hydrogen (secondary N) is 2. The Hall–Kier alpha value is -1.81. The number of nitrogens with zero attached hydrogens (tertiary/aromatic N) is 1. The maximum atomic E-state index is 11.2. The predicted octanol–water partition coefficient (Wildman–Crippen LogP) is 2.48. The van der Waals surface area contributed by atoms with E-state index < -0.39 is 0 Å². The summed E-state index contributed by atoms with van der Waals surface area (Å²) in [5.41, 5.74) is 4.98. The summed E-state index contributed by atoms with van der Waals surface area (Å²) < 4.78 is 0. The summed E-state index contributed by atoms with van der Waals surface area (Å²) in [7, 11) is 0. The van der Waals surface area contributed by atoms with Gasteiger partial charge in [0.15, 0.2) is 0 Å². The van der Waals surface area contributed by atoms with Crippen molar-refractivity contribution in [1.82, 2.24) is 5.01 Å². The van der Waals surface area contributed by atoms with E-state index in [1.807, 2.05) is 24.3 Å². The average Bonchev–Trinajstić information content (AvgIpc) is 2.36. The lowest BCUT2D eigenvalue weighted by Gasteiger charge is -2.21. The van der Waals surface area contributed by atoms with Gasteiger partial charge in [-0.05, 0) is 24.3 Å². The molecular formula is C13H19N3O. The average molecular weight is 233 g/mol. The predicted molar refractivity (Wildman–Crippen MR) is 71.8 cm³/mol. The van der Waals surface area contributed by atoms with Gasteiger partial charge in [-0.15, -0.1) is 0 Å². The number of rotatable bonds is 6. The second kappa shape index (κ2) is 6.70. The summed E-state index contributed by atoms with van der Waals surface area (Å²) in [6.07, 6.45) is 1.25. The van der Waals surface area contributed by atoms with Crippen LogP contribution < -0.4 is 10.7 Å². The van der Waals surface area contributed by atoms with Crippen LogP contribution in [-0.2, 0) is 4.79 Å². The highest BCUT2D eigenvalue weighted by Crippen LogP contribution is 2.15. The van der Waals surface area contributed by atoms with Gasteiger partial charge in [0.1, 0.15) is 0 Å². The fourth-order valence-electron chi connectivity index (χ4n) is 1.42. The normalized spacial score (nSPS) is 10.1. The maximum Gasteiger partial charge on any atom is 0.247 e.